The molecule has 0 saturated carbocycles. The van der Waals surface area contributed by atoms with Gasteiger partial charge in [0.2, 0.25) is 11.5 Å². The van der Waals surface area contributed by atoms with Gasteiger partial charge in [-0.1, -0.05) is 0 Å². The number of ether oxygens (including phenoxy) is 3. The van der Waals surface area contributed by atoms with Crippen LogP contribution < -0.4 is 4.74 Å². The minimum Gasteiger partial charge on any atom is -0.487 e. The Hall–Kier alpha value is -2.86. The van der Waals surface area contributed by atoms with E-state index in [0.717, 1.165) is 9.26 Å². The highest BCUT2D eigenvalue weighted by molar-refractivity contribution is 14.1. The smallest absolute Gasteiger partial charge is 0.373 e. The van der Waals surface area contributed by atoms with Crippen LogP contribution in [0.25, 0.3) is 0 Å². The van der Waals surface area contributed by atoms with Crippen molar-refractivity contribution in [3.8, 4) is 5.75 Å². The maximum absolute atomic E-state index is 11.3. The van der Waals surface area contributed by atoms with E-state index in [0.29, 0.717) is 29.4 Å². The molecule has 166 valence electrons. The first-order valence-corrected chi connectivity index (χ1v) is 10.1. The number of rotatable bonds is 6. The van der Waals surface area contributed by atoms with Gasteiger partial charge in [-0.05, 0) is 60.7 Å². The number of aliphatic hydroxyl groups excluding tert-OH is 1. The predicted octanol–water partition coefficient (Wildman–Crippen LogP) is 3.82. The minimum absolute atomic E-state index is 0.124. The van der Waals surface area contributed by atoms with Gasteiger partial charge in [0.05, 0.1) is 27.0 Å². The van der Waals surface area contributed by atoms with Crippen molar-refractivity contribution in [1.29, 1.82) is 0 Å². The molecular weight excluding hydrogens is 521 g/mol. The van der Waals surface area contributed by atoms with E-state index in [4.69, 9.17) is 18.7 Å². The quantitative estimate of drug-likeness (QED) is 0.281. The van der Waals surface area contributed by atoms with Gasteiger partial charge in [0.25, 0.3) is 0 Å². The fourth-order valence-corrected chi connectivity index (χ4v) is 2.67. The van der Waals surface area contributed by atoms with Crippen molar-refractivity contribution in [3.05, 3.63) is 68.3 Å². The van der Waals surface area contributed by atoms with Crippen LogP contribution in [-0.2, 0) is 22.7 Å². The third-order valence-corrected chi connectivity index (χ3v) is 4.72. The van der Waals surface area contributed by atoms with Crippen molar-refractivity contribution in [2.75, 3.05) is 14.2 Å². The van der Waals surface area contributed by atoms with E-state index in [-0.39, 0.29) is 18.1 Å². The van der Waals surface area contributed by atoms with Crippen LogP contribution in [0.1, 0.15) is 43.8 Å². The molecule has 0 saturated heterocycles. The lowest BCUT2D eigenvalue weighted by Crippen LogP contribution is -1.99. The summed E-state index contributed by atoms with van der Waals surface area (Å²) < 4.78 is 25.8. The summed E-state index contributed by atoms with van der Waals surface area (Å²) in [5.41, 5.74) is 1.41. The van der Waals surface area contributed by atoms with Crippen molar-refractivity contribution in [1.82, 2.24) is 4.98 Å². The Kier molecular flexibility index (Phi) is 9.06. The van der Waals surface area contributed by atoms with E-state index in [1.165, 1.54) is 20.3 Å². The first-order chi connectivity index (χ1) is 14.8. The van der Waals surface area contributed by atoms with Crippen LogP contribution in [0, 0.1) is 17.5 Å². The zero-order chi connectivity index (χ0) is 23.0. The van der Waals surface area contributed by atoms with Gasteiger partial charge in [0.1, 0.15) is 27.6 Å². The average molecular weight is 543 g/mol. The zero-order valence-corrected chi connectivity index (χ0v) is 19.6. The van der Waals surface area contributed by atoms with Gasteiger partial charge in [-0.2, -0.15) is 0 Å². The number of methoxy groups -OCH3 is 2. The Balaban J connectivity index is 0.000000245. The van der Waals surface area contributed by atoms with Gasteiger partial charge < -0.3 is 28.2 Å². The molecule has 0 aliphatic rings. The number of carbonyl (C=O) groups is 2. The van der Waals surface area contributed by atoms with Crippen LogP contribution in [0.5, 0.6) is 5.75 Å². The number of carbonyl (C=O) groups excluding carboxylic acids is 2. The summed E-state index contributed by atoms with van der Waals surface area (Å²) in [6, 6.07) is 6.80. The average Bonchev–Trinajstić information content (AvgIpc) is 3.34. The number of hydrogen-bond acceptors (Lipinski definition) is 9. The van der Waals surface area contributed by atoms with Crippen LogP contribution in [0.15, 0.2) is 39.3 Å². The number of pyridine rings is 1. The highest BCUT2D eigenvalue weighted by Crippen LogP contribution is 2.19. The number of aliphatic hydroxyl groups is 1. The molecule has 0 radical (unpaired) electrons. The fourth-order valence-electron chi connectivity index (χ4n) is 2.35. The molecule has 3 aromatic rings. The molecule has 3 rings (SSSR count). The Morgan fingerprint density at radius 1 is 1.00 bits per heavy atom. The van der Waals surface area contributed by atoms with E-state index in [1.807, 2.05) is 12.1 Å². The number of halogens is 1. The number of nitrogens with zero attached hydrogens (tertiary/aromatic N) is 1. The van der Waals surface area contributed by atoms with Crippen LogP contribution in [0.2, 0.25) is 0 Å². The summed E-state index contributed by atoms with van der Waals surface area (Å²) in [5, 5.41) is 8.77. The fraction of sp³-hybridized carbons (Fsp3) is 0.286. The molecular formula is C21H22INO8. The Morgan fingerprint density at radius 3 is 2.00 bits per heavy atom. The van der Waals surface area contributed by atoms with Gasteiger partial charge in [-0.25, -0.2) is 14.6 Å². The summed E-state index contributed by atoms with van der Waals surface area (Å²) in [7, 11) is 2.59. The van der Waals surface area contributed by atoms with Crippen molar-refractivity contribution in [3.63, 3.8) is 0 Å². The molecule has 0 atom stereocenters. The topological polar surface area (TPSA) is 121 Å². The molecule has 0 aliphatic carbocycles. The molecule has 3 heterocycles. The second-order valence-electron chi connectivity index (χ2n) is 6.13. The Labute approximate surface area is 192 Å². The van der Waals surface area contributed by atoms with Crippen molar-refractivity contribution in [2.24, 2.45) is 0 Å². The Bertz CT molecular complexity index is 1020. The molecule has 0 amide bonds. The molecule has 0 fully saturated rings. The highest BCUT2D eigenvalue weighted by atomic mass is 127. The minimum atomic E-state index is -0.530. The van der Waals surface area contributed by atoms with Gasteiger partial charge in [0, 0.05) is 11.1 Å². The van der Waals surface area contributed by atoms with E-state index >= 15 is 0 Å². The third kappa shape index (κ3) is 6.82. The molecule has 1 N–H and O–H groups in total. The number of hydrogen-bond donors (Lipinski definition) is 1. The van der Waals surface area contributed by atoms with Crippen LogP contribution in [-0.4, -0.2) is 36.2 Å². The van der Waals surface area contributed by atoms with Crippen LogP contribution in [0.4, 0.5) is 0 Å². The van der Waals surface area contributed by atoms with Gasteiger partial charge in [-0.3, -0.25) is 0 Å². The van der Waals surface area contributed by atoms with Gasteiger partial charge in [0.15, 0.2) is 0 Å². The normalized spacial score (nSPS) is 10.1. The molecule has 10 heteroatoms. The second-order valence-corrected chi connectivity index (χ2v) is 7.24. The van der Waals surface area contributed by atoms with E-state index < -0.39 is 11.9 Å². The molecule has 0 bridgehead atoms. The zero-order valence-electron chi connectivity index (χ0n) is 17.4. The lowest BCUT2D eigenvalue weighted by atomic mass is 10.2. The first-order valence-electron chi connectivity index (χ1n) is 8.99. The number of aromatic nitrogens is 1. The van der Waals surface area contributed by atoms with E-state index in [9.17, 15) is 9.59 Å². The SMILES string of the molecule is COC(=O)c1cc(CO)c(C)o1.COC(=O)c1cc(COc2ccc(I)nc2)c(C)o1. The van der Waals surface area contributed by atoms with Crippen LogP contribution in [0.3, 0.4) is 0 Å². The van der Waals surface area contributed by atoms with Crippen molar-refractivity contribution >= 4 is 34.5 Å². The maximum Gasteiger partial charge on any atom is 0.373 e. The molecule has 0 aliphatic heterocycles. The second kappa shape index (κ2) is 11.5. The largest absolute Gasteiger partial charge is 0.487 e. The van der Waals surface area contributed by atoms with Crippen molar-refractivity contribution < 1.29 is 37.7 Å². The lowest BCUT2D eigenvalue weighted by Gasteiger charge is -2.04. The molecule has 9 nitrogen and oxygen atoms in total. The molecule has 3 aromatic heterocycles. The third-order valence-electron chi connectivity index (χ3n) is 4.08. The predicted molar refractivity (Wildman–Crippen MR) is 117 cm³/mol. The van der Waals surface area contributed by atoms with Crippen molar-refractivity contribution in [2.45, 2.75) is 27.1 Å². The molecule has 31 heavy (non-hydrogen) atoms. The Morgan fingerprint density at radius 2 is 1.55 bits per heavy atom. The summed E-state index contributed by atoms with van der Waals surface area (Å²) in [4.78, 5) is 26.3. The maximum atomic E-state index is 11.3. The molecule has 0 spiro atoms. The van der Waals surface area contributed by atoms with E-state index in [2.05, 4.69) is 37.0 Å². The van der Waals surface area contributed by atoms with Gasteiger partial charge >= 0.3 is 11.9 Å². The monoisotopic (exact) mass is 543 g/mol. The van der Waals surface area contributed by atoms with E-state index in [1.54, 1.807) is 26.1 Å². The number of esters is 2. The molecule has 0 aromatic carbocycles. The molecule has 0 unspecified atom stereocenters. The first kappa shape index (κ1) is 24.4. The number of aryl methyl sites for hydroxylation is 2. The summed E-state index contributed by atoms with van der Waals surface area (Å²) in [5.74, 6) is 1.12. The summed E-state index contributed by atoms with van der Waals surface area (Å²) in [6.45, 7) is 3.64. The van der Waals surface area contributed by atoms with Crippen LogP contribution >= 0.6 is 22.6 Å². The summed E-state index contributed by atoms with van der Waals surface area (Å²) in [6.07, 6.45) is 1.65. The standard InChI is InChI=1S/C13H12INO4.C8H10O4/c1-8-9(5-11(19-8)13(16)17-2)7-18-10-3-4-12(14)15-6-10;1-5-6(4-9)3-7(12-5)8(10)11-2/h3-6H,7H2,1-2H3;3,9H,4H2,1-2H3. The van der Waals surface area contributed by atoms with Gasteiger partial charge in [-0.15, -0.1) is 0 Å². The number of furan rings is 2. The lowest BCUT2D eigenvalue weighted by molar-refractivity contribution is 0.0556. The highest BCUT2D eigenvalue weighted by Gasteiger charge is 2.15. The summed E-state index contributed by atoms with van der Waals surface area (Å²) >= 11 is 2.12.